The van der Waals surface area contributed by atoms with E-state index in [-0.39, 0.29) is 0 Å². The highest BCUT2D eigenvalue weighted by Gasteiger charge is 2.10. The minimum Gasteiger partial charge on any atom is -0.489 e. The zero-order valence-corrected chi connectivity index (χ0v) is 15.6. The fourth-order valence-electron chi connectivity index (χ4n) is 3.41. The molecule has 1 saturated carbocycles. The van der Waals surface area contributed by atoms with E-state index in [9.17, 15) is 0 Å². The van der Waals surface area contributed by atoms with Gasteiger partial charge in [-0.1, -0.05) is 68.0 Å². The third-order valence-corrected chi connectivity index (χ3v) is 5.17. The maximum Gasteiger partial charge on any atom is 0.120 e. The van der Waals surface area contributed by atoms with Crippen LogP contribution in [0.15, 0.2) is 48.5 Å². The van der Waals surface area contributed by atoms with Gasteiger partial charge in [0.25, 0.3) is 0 Å². The van der Waals surface area contributed by atoms with Gasteiger partial charge in [0, 0.05) is 17.6 Å². The molecule has 1 fully saturated rings. The summed E-state index contributed by atoms with van der Waals surface area (Å²) in [6.45, 7) is 1.49. The summed E-state index contributed by atoms with van der Waals surface area (Å²) in [4.78, 5) is 0. The van der Waals surface area contributed by atoms with E-state index in [4.69, 9.17) is 16.3 Å². The number of halogens is 1. The Bertz CT molecular complexity index is 633. The molecule has 134 valence electrons. The van der Waals surface area contributed by atoms with Gasteiger partial charge in [-0.3, -0.25) is 0 Å². The van der Waals surface area contributed by atoms with E-state index < -0.39 is 0 Å². The number of benzene rings is 2. The molecule has 1 N–H and O–H groups in total. The Balaban J connectivity index is 1.49. The lowest BCUT2D eigenvalue weighted by molar-refractivity contribution is 0.305. The van der Waals surface area contributed by atoms with Gasteiger partial charge in [-0.05, 0) is 48.2 Å². The zero-order valence-electron chi connectivity index (χ0n) is 14.8. The van der Waals surface area contributed by atoms with Crippen LogP contribution in [0.4, 0.5) is 0 Å². The lowest BCUT2D eigenvalue weighted by Gasteiger charge is -2.21. The molecule has 0 spiro atoms. The summed E-state index contributed by atoms with van der Waals surface area (Å²) in [6, 6.07) is 16.9. The summed E-state index contributed by atoms with van der Waals surface area (Å²) >= 11 is 5.92. The van der Waals surface area contributed by atoms with E-state index in [1.54, 1.807) is 0 Å². The second-order valence-electron chi connectivity index (χ2n) is 6.99. The third-order valence-electron chi connectivity index (χ3n) is 4.92. The van der Waals surface area contributed by atoms with Crippen molar-refractivity contribution in [3.63, 3.8) is 0 Å². The van der Waals surface area contributed by atoms with Crippen molar-refractivity contribution in [2.75, 3.05) is 0 Å². The lowest BCUT2D eigenvalue weighted by atomic mass is 9.96. The first-order chi connectivity index (χ1) is 12.3. The van der Waals surface area contributed by atoms with Gasteiger partial charge in [0.1, 0.15) is 12.4 Å². The number of ether oxygens (including phenoxy) is 1. The van der Waals surface area contributed by atoms with E-state index >= 15 is 0 Å². The van der Waals surface area contributed by atoms with Crippen molar-refractivity contribution in [1.29, 1.82) is 0 Å². The van der Waals surface area contributed by atoms with Gasteiger partial charge >= 0.3 is 0 Å². The normalized spacial score (nSPS) is 16.2. The first kappa shape index (κ1) is 18.3. The van der Waals surface area contributed by atoms with Gasteiger partial charge in [-0.15, -0.1) is 0 Å². The Morgan fingerprint density at radius 2 is 1.60 bits per heavy atom. The molecule has 0 saturated heterocycles. The van der Waals surface area contributed by atoms with Crippen LogP contribution >= 0.6 is 11.6 Å². The Morgan fingerprint density at radius 3 is 2.36 bits per heavy atom. The van der Waals surface area contributed by atoms with Crippen LogP contribution in [-0.2, 0) is 13.2 Å². The van der Waals surface area contributed by atoms with Crippen molar-refractivity contribution in [2.45, 2.75) is 64.1 Å². The monoisotopic (exact) mass is 357 g/mol. The number of hydrogen-bond donors (Lipinski definition) is 1. The van der Waals surface area contributed by atoms with Crippen molar-refractivity contribution in [1.82, 2.24) is 5.32 Å². The van der Waals surface area contributed by atoms with E-state index in [2.05, 4.69) is 23.5 Å². The van der Waals surface area contributed by atoms with Crippen molar-refractivity contribution in [2.24, 2.45) is 0 Å². The average molecular weight is 358 g/mol. The fraction of sp³-hybridized carbons (Fsp3) is 0.455. The van der Waals surface area contributed by atoms with Crippen molar-refractivity contribution in [3.05, 3.63) is 64.7 Å². The second-order valence-corrected chi connectivity index (χ2v) is 7.42. The standard InChI is InChI=1S/C22H28ClNO/c23-20-13-11-18(12-14-20)17-25-22-10-6-7-19(15-22)16-24-21-8-4-2-1-3-5-9-21/h6-7,10-15,21,24H,1-5,8-9,16-17H2. The van der Waals surface area contributed by atoms with Gasteiger partial charge in [0.2, 0.25) is 0 Å². The topological polar surface area (TPSA) is 21.3 Å². The molecule has 3 heteroatoms. The summed E-state index contributed by atoms with van der Waals surface area (Å²) in [5, 5.41) is 4.50. The highest BCUT2D eigenvalue weighted by atomic mass is 35.5. The summed E-state index contributed by atoms with van der Waals surface area (Å²) in [6.07, 6.45) is 9.56. The summed E-state index contributed by atoms with van der Waals surface area (Å²) in [7, 11) is 0. The molecule has 2 nitrogen and oxygen atoms in total. The van der Waals surface area contributed by atoms with Gasteiger partial charge in [-0.2, -0.15) is 0 Å². The molecule has 1 aliphatic carbocycles. The van der Waals surface area contributed by atoms with Gasteiger partial charge in [0.15, 0.2) is 0 Å². The molecule has 0 unspecified atom stereocenters. The first-order valence-electron chi connectivity index (χ1n) is 9.49. The van der Waals surface area contributed by atoms with Gasteiger partial charge < -0.3 is 10.1 Å². The fourth-order valence-corrected chi connectivity index (χ4v) is 3.54. The largest absolute Gasteiger partial charge is 0.489 e. The Hall–Kier alpha value is -1.51. The molecule has 1 aliphatic rings. The minimum atomic E-state index is 0.566. The molecule has 0 aliphatic heterocycles. The highest BCUT2D eigenvalue weighted by Crippen LogP contribution is 2.19. The molecular weight excluding hydrogens is 330 g/mol. The third kappa shape index (κ3) is 6.37. The molecule has 2 aromatic rings. The van der Waals surface area contributed by atoms with E-state index in [0.29, 0.717) is 12.6 Å². The van der Waals surface area contributed by atoms with Crippen LogP contribution in [0.1, 0.15) is 56.1 Å². The molecule has 2 aromatic carbocycles. The summed E-state index contributed by atoms with van der Waals surface area (Å²) in [5.74, 6) is 0.923. The van der Waals surface area contributed by atoms with Crippen LogP contribution in [-0.4, -0.2) is 6.04 Å². The first-order valence-corrected chi connectivity index (χ1v) is 9.87. The smallest absolute Gasteiger partial charge is 0.120 e. The molecule has 3 rings (SSSR count). The van der Waals surface area contributed by atoms with Crippen LogP contribution in [0.25, 0.3) is 0 Å². The lowest BCUT2D eigenvalue weighted by Crippen LogP contribution is -2.29. The molecule has 0 radical (unpaired) electrons. The SMILES string of the molecule is Clc1ccc(COc2cccc(CNC3CCCCCCC3)c2)cc1. The van der Waals surface area contributed by atoms with Gasteiger partial charge in [0.05, 0.1) is 0 Å². The Morgan fingerprint density at radius 1 is 0.880 bits per heavy atom. The quantitative estimate of drug-likeness (QED) is 0.672. The van der Waals surface area contributed by atoms with Crippen LogP contribution in [0.5, 0.6) is 5.75 Å². The highest BCUT2D eigenvalue weighted by molar-refractivity contribution is 6.30. The van der Waals surface area contributed by atoms with Crippen molar-refractivity contribution in [3.8, 4) is 5.75 Å². The van der Waals surface area contributed by atoms with E-state index in [0.717, 1.165) is 22.9 Å². The zero-order chi connectivity index (χ0) is 17.3. The number of hydrogen-bond acceptors (Lipinski definition) is 2. The maximum atomic E-state index is 5.93. The molecule has 0 bridgehead atoms. The molecule has 0 atom stereocenters. The molecule has 0 heterocycles. The summed E-state index contributed by atoms with van der Waals surface area (Å²) in [5.41, 5.74) is 2.41. The molecule has 0 aromatic heterocycles. The van der Waals surface area contributed by atoms with E-state index in [1.165, 1.54) is 50.5 Å². The molecule has 25 heavy (non-hydrogen) atoms. The summed E-state index contributed by atoms with van der Waals surface area (Å²) < 4.78 is 5.93. The number of nitrogens with one attached hydrogen (secondary N) is 1. The Labute approximate surface area is 156 Å². The van der Waals surface area contributed by atoms with Crippen molar-refractivity contribution >= 4 is 11.6 Å². The number of rotatable bonds is 6. The second kappa shape index (κ2) is 9.84. The van der Waals surface area contributed by atoms with Gasteiger partial charge in [-0.25, -0.2) is 0 Å². The van der Waals surface area contributed by atoms with Crippen LogP contribution in [0, 0.1) is 0 Å². The molecule has 0 amide bonds. The minimum absolute atomic E-state index is 0.566. The van der Waals surface area contributed by atoms with Crippen molar-refractivity contribution < 1.29 is 4.74 Å². The Kier molecular flexibility index (Phi) is 7.20. The maximum absolute atomic E-state index is 5.93. The average Bonchev–Trinajstić information content (AvgIpc) is 2.61. The van der Waals surface area contributed by atoms with Crippen LogP contribution in [0.3, 0.4) is 0 Å². The predicted octanol–water partition coefficient (Wildman–Crippen LogP) is 6.12. The van der Waals surface area contributed by atoms with Crippen LogP contribution in [0.2, 0.25) is 5.02 Å². The predicted molar refractivity (Wildman–Crippen MR) is 105 cm³/mol. The molecular formula is C22H28ClNO. The van der Waals surface area contributed by atoms with Crippen LogP contribution < -0.4 is 10.1 Å². The van der Waals surface area contributed by atoms with E-state index in [1.807, 2.05) is 30.3 Å².